The van der Waals surface area contributed by atoms with E-state index in [2.05, 4.69) is 47.4 Å². The number of rotatable bonds is 4. The predicted octanol–water partition coefficient (Wildman–Crippen LogP) is 3.10. The van der Waals surface area contributed by atoms with Crippen molar-refractivity contribution >= 4 is 11.8 Å². The van der Waals surface area contributed by atoms with E-state index >= 15 is 0 Å². The molecule has 0 saturated carbocycles. The summed E-state index contributed by atoms with van der Waals surface area (Å²) >= 11 is 2.17. The highest BCUT2D eigenvalue weighted by atomic mass is 32.2. The fraction of sp³-hybridized carbons (Fsp3) is 0.571. The smallest absolute Gasteiger partial charge is 0.00597 e. The Labute approximate surface area is 103 Å². The molecule has 1 N–H and O–H groups in total. The minimum absolute atomic E-state index is 0.888. The van der Waals surface area contributed by atoms with Gasteiger partial charge in [0.2, 0.25) is 0 Å². The van der Waals surface area contributed by atoms with Gasteiger partial charge in [0.05, 0.1) is 0 Å². The Bertz CT molecular complexity index is 278. The second kappa shape index (κ2) is 6.97. The molecule has 1 saturated heterocycles. The molecule has 1 fully saturated rings. The SMILES string of the molecule is c1ccc(CCSC2CCCNCC2)cc1. The molecule has 1 aromatic rings. The number of aryl methyl sites for hydroxylation is 1. The molecule has 2 heteroatoms. The van der Waals surface area contributed by atoms with Gasteiger partial charge in [0, 0.05) is 5.25 Å². The van der Waals surface area contributed by atoms with Gasteiger partial charge in [0.25, 0.3) is 0 Å². The van der Waals surface area contributed by atoms with Gasteiger partial charge in [-0.15, -0.1) is 0 Å². The van der Waals surface area contributed by atoms with Crippen molar-refractivity contribution in [1.29, 1.82) is 0 Å². The Morgan fingerprint density at radius 1 is 1.12 bits per heavy atom. The van der Waals surface area contributed by atoms with Gasteiger partial charge in [-0.25, -0.2) is 0 Å². The number of benzene rings is 1. The summed E-state index contributed by atoms with van der Waals surface area (Å²) in [5.74, 6) is 1.27. The Hall–Kier alpha value is -0.470. The van der Waals surface area contributed by atoms with Crippen LogP contribution in [0.25, 0.3) is 0 Å². The summed E-state index contributed by atoms with van der Waals surface area (Å²) in [6.45, 7) is 2.43. The molecule has 1 atom stereocenters. The molecule has 0 bridgehead atoms. The molecule has 88 valence electrons. The van der Waals surface area contributed by atoms with Gasteiger partial charge in [-0.1, -0.05) is 30.3 Å². The Balaban J connectivity index is 1.67. The van der Waals surface area contributed by atoms with Crippen molar-refractivity contribution in [2.24, 2.45) is 0 Å². The van der Waals surface area contributed by atoms with Crippen molar-refractivity contribution < 1.29 is 0 Å². The monoisotopic (exact) mass is 235 g/mol. The van der Waals surface area contributed by atoms with Crippen LogP contribution in [0.1, 0.15) is 24.8 Å². The van der Waals surface area contributed by atoms with E-state index in [1.807, 2.05) is 0 Å². The summed E-state index contributed by atoms with van der Waals surface area (Å²) in [7, 11) is 0. The van der Waals surface area contributed by atoms with Crippen molar-refractivity contribution in [2.75, 3.05) is 18.8 Å². The lowest BCUT2D eigenvalue weighted by atomic mass is 10.2. The first kappa shape index (κ1) is 12.0. The number of thioether (sulfide) groups is 1. The van der Waals surface area contributed by atoms with Gasteiger partial charge < -0.3 is 5.32 Å². The molecule has 1 aliphatic heterocycles. The molecule has 1 aromatic carbocycles. The average molecular weight is 235 g/mol. The highest BCUT2D eigenvalue weighted by molar-refractivity contribution is 7.99. The van der Waals surface area contributed by atoms with Crippen LogP contribution in [0.2, 0.25) is 0 Å². The lowest BCUT2D eigenvalue weighted by Gasteiger charge is -2.12. The summed E-state index contributed by atoms with van der Waals surface area (Å²) in [5, 5.41) is 4.36. The van der Waals surface area contributed by atoms with Crippen LogP contribution in [0.3, 0.4) is 0 Å². The van der Waals surface area contributed by atoms with Gasteiger partial charge in [-0.05, 0) is 50.1 Å². The van der Waals surface area contributed by atoms with Crippen LogP contribution >= 0.6 is 11.8 Å². The molecule has 16 heavy (non-hydrogen) atoms. The summed E-state index contributed by atoms with van der Waals surface area (Å²) < 4.78 is 0. The van der Waals surface area contributed by atoms with Crippen molar-refractivity contribution in [3.63, 3.8) is 0 Å². The first-order valence-corrected chi connectivity index (χ1v) is 7.36. The minimum atomic E-state index is 0.888. The maximum atomic E-state index is 3.47. The van der Waals surface area contributed by atoms with Crippen molar-refractivity contribution in [3.8, 4) is 0 Å². The van der Waals surface area contributed by atoms with Gasteiger partial charge >= 0.3 is 0 Å². The number of nitrogens with one attached hydrogen (secondary N) is 1. The van der Waals surface area contributed by atoms with Crippen LogP contribution in [-0.2, 0) is 6.42 Å². The summed E-state index contributed by atoms with van der Waals surface area (Å²) in [6.07, 6.45) is 5.31. The van der Waals surface area contributed by atoms with Crippen molar-refractivity contribution in [3.05, 3.63) is 35.9 Å². The van der Waals surface area contributed by atoms with Crippen LogP contribution in [-0.4, -0.2) is 24.1 Å². The van der Waals surface area contributed by atoms with E-state index in [1.165, 1.54) is 50.1 Å². The molecule has 0 aliphatic carbocycles. The second-order valence-corrected chi connectivity index (χ2v) is 5.82. The average Bonchev–Trinajstić information content (AvgIpc) is 2.59. The quantitative estimate of drug-likeness (QED) is 0.860. The van der Waals surface area contributed by atoms with Crippen LogP contribution in [0, 0.1) is 0 Å². The topological polar surface area (TPSA) is 12.0 Å². The van der Waals surface area contributed by atoms with Crippen molar-refractivity contribution in [2.45, 2.75) is 30.9 Å². The molecule has 1 heterocycles. The summed E-state index contributed by atoms with van der Waals surface area (Å²) in [4.78, 5) is 0. The third kappa shape index (κ3) is 4.18. The Kier molecular flexibility index (Phi) is 5.23. The first-order chi connectivity index (χ1) is 7.95. The zero-order valence-electron chi connectivity index (χ0n) is 9.82. The van der Waals surface area contributed by atoms with Crippen LogP contribution in [0.4, 0.5) is 0 Å². The Morgan fingerprint density at radius 2 is 2.00 bits per heavy atom. The van der Waals surface area contributed by atoms with Gasteiger partial charge in [0.15, 0.2) is 0 Å². The third-order valence-corrected chi connectivity index (χ3v) is 4.49. The molecular weight excluding hydrogens is 214 g/mol. The molecule has 0 spiro atoms. The highest BCUT2D eigenvalue weighted by Gasteiger charge is 2.11. The van der Waals surface area contributed by atoms with Crippen LogP contribution in [0.5, 0.6) is 0 Å². The number of hydrogen-bond acceptors (Lipinski definition) is 2. The molecule has 1 unspecified atom stereocenters. The maximum Gasteiger partial charge on any atom is 0.00597 e. The van der Waals surface area contributed by atoms with E-state index in [0.717, 1.165) is 5.25 Å². The molecule has 1 aliphatic rings. The normalized spacial score (nSPS) is 21.6. The molecule has 1 nitrogen and oxygen atoms in total. The van der Waals surface area contributed by atoms with E-state index < -0.39 is 0 Å². The van der Waals surface area contributed by atoms with E-state index in [4.69, 9.17) is 0 Å². The lowest BCUT2D eigenvalue weighted by Crippen LogP contribution is -2.14. The molecule has 0 aromatic heterocycles. The van der Waals surface area contributed by atoms with Crippen LogP contribution < -0.4 is 5.32 Å². The Morgan fingerprint density at radius 3 is 2.88 bits per heavy atom. The molecule has 2 rings (SSSR count). The molecule has 0 radical (unpaired) electrons. The maximum absolute atomic E-state index is 3.47. The highest BCUT2D eigenvalue weighted by Crippen LogP contribution is 2.22. The van der Waals surface area contributed by atoms with E-state index in [9.17, 15) is 0 Å². The van der Waals surface area contributed by atoms with Gasteiger partial charge in [-0.2, -0.15) is 11.8 Å². The lowest BCUT2D eigenvalue weighted by molar-refractivity contribution is 0.703. The zero-order chi connectivity index (χ0) is 11.1. The van der Waals surface area contributed by atoms with E-state index in [1.54, 1.807) is 0 Å². The molecule has 0 amide bonds. The fourth-order valence-corrected chi connectivity index (χ4v) is 3.45. The first-order valence-electron chi connectivity index (χ1n) is 6.31. The largest absolute Gasteiger partial charge is 0.317 e. The van der Waals surface area contributed by atoms with E-state index in [-0.39, 0.29) is 0 Å². The molecular formula is C14H21NS. The van der Waals surface area contributed by atoms with Gasteiger partial charge in [-0.3, -0.25) is 0 Å². The summed E-state index contributed by atoms with van der Waals surface area (Å²) in [5.41, 5.74) is 1.47. The third-order valence-electron chi connectivity index (χ3n) is 3.11. The zero-order valence-corrected chi connectivity index (χ0v) is 10.6. The minimum Gasteiger partial charge on any atom is -0.317 e. The second-order valence-electron chi connectivity index (χ2n) is 4.41. The number of hydrogen-bond donors (Lipinski definition) is 1. The summed E-state index contributed by atoms with van der Waals surface area (Å²) in [6, 6.07) is 10.8. The van der Waals surface area contributed by atoms with E-state index in [0.29, 0.717) is 0 Å². The van der Waals surface area contributed by atoms with Crippen molar-refractivity contribution in [1.82, 2.24) is 5.32 Å². The predicted molar refractivity (Wildman–Crippen MR) is 73.1 cm³/mol. The standard InChI is InChI=1S/C14H21NS/c1-2-5-13(6-3-1)9-12-16-14-7-4-10-15-11-8-14/h1-3,5-6,14-15H,4,7-12H2. The van der Waals surface area contributed by atoms with Crippen LogP contribution in [0.15, 0.2) is 30.3 Å². The fourth-order valence-electron chi connectivity index (χ4n) is 2.14. The van der Waals surface area contributed by atoms with Gasteiger partial charge in [0.1, 0.15) is 0 Å².